The number of nitrogens with one attached hydrogen (secondary N) is 3. The molecule has 3 amide bonds. The van der Waals surface area contributed by atoms with Crippen molar-refractivity contribution in [3.8, 4) is 11.5 Å². The van der Waals surface area contributed by atoms with Crippen molar-refractivity contribution in [2.75, 3.05) is 24.4 Å². The topological polar surface area (TPSA) is 118 Å². The van der Waals surface area contributed by atoms with E-state index in [9.17, 15) is 23.2 Å². The summed E-state index contributed by atoms with van der Waals surface area (Å²) in [6.07, 6.45) is 1.18. The van der Waals surface area contributed by atoms with E-state index in [1.165, 1.54) is 61.9 Å². The summed E-state index contributed by atoms with van der Waals surface area (Å²) in [4.78, 5) is 35.9. The third kappa shape index (κ3) is 7.00. The summed E-state index contributed by atoms with van der Waals surface area (Å²) < 4.78 is 37.9. The lowest BCUT2D eigenvalue weighted by Gasteiger charge is -2.13. The summed E-state index contributed by atoms with van der Waals surface area (Å²) in [6, 6.07) is 13.9. The minimum absolute atomic E-state index is 0.000327. The summed E-state index contributed by atoms with van der Waals surface area (Å²) in [5, 5.41) is 8.22. The van der Waals surface area contributed by atoms with Gasteiger partial charge in [-0.15, -0.1) is 0 Å². The monoisotopic (exact) mass is 516 g/mol. The number of hydrogen-bond donors (Lipinski definition) is 3. The molecule has 0 saturated carbocycles. The second-order valence-corrected chi connectivity index (χ2v) is 7.39. The Kier molecular flexibility index (Phi) is 8.89. The van der Waals surface area contributed by atoms with Crippen LogP contribution in [0.5, 0.6) is 11.5 Å². The average Bonchev–Trinajstić information content (AvgIpc) is 2.85. The van der Waals surface area contributed by atoms with E-state index >= 15 is 0 Å². The third-order valence-corrected chi connectivity index (χ3v) is 4.74. The number of anilines is 2. The van der Waals surface area contributed by atoms with Crippen LogP contribution in [0.25, 0.3) is 0 Å². The van der Waals surface area contributed by atoms with E-state index in [-0.39, 0.29) is 27.9 Å². The zero-order chi connectivity index (χ0) is 26.1. The predicted octanol–water partition coefficient (Wildman–Crippen LogP) is 3.73. The Morgan fingerprint density at radius 2 is 1.56 bits per heavy atom. The highest BCUT2D eigenvalue weighted by molar-refractivity contribution is 6.39. The first kappa shape index (κ1) is 26.1. The molecule has 36 heavy (non-hydrogen) atoms. The van der Waals surface area contributed by atoms with Crippen molar-refractivity contribution in [2.24, 2.45) is 5.10 Å². The molecule has 0 radical (unpaired) electrons. The molecule has 0 atom stereocenters. The molecular weight excluding hydrogens is 498 g/mol. The Hall–Kier alpha value is -4.51. The van der Waals surface area contributed by atoms with Crippen molar-refractivity contribution in [3.63, 3.8) is 0 Å². The van der Waals surface area contributed by atoms with Crippen molar-refractivity contribution in [3.05, 3.63) is 82.9 Å². The second kappa shape index (κ2) is 12.3. The molecule has 3 rings (SSSR count). The van der Waals surface area contributed by atoms with Crippen molar-refractivity contribution in [1.29, 1.82) is 0 Å². The Bertz CT molecular complexity index is 1320. The van der Waals surface area contributed by atoms with Gasteiger partial charge < -0.3 is 20.1 Å². The lowest BCUT2D eigenvalue weighted by atomic mass is 10.2. The largest absolute Gasteiger partial charge is 0.493 e. The average molecular weight is 517 g/mol. The SMILES string of the molecule is COc1cc(/C=N\NC(=O)C(=O)Nc2ccccc2F)cc(Cl)c1OCC(=O)Nc1ccccc1F. The van der Waals surface area contributed by atoms with Crippen LogP contribution < -0.4 is 25.5 Å². The number of rotatable bonds is 8. The molecule has 9 nitrogen and oxygen atoms in total. The Labute approximate surface area is 209 Å². The Morgan fingerprint density at radius 3 is 2.17 bits per heavy atom. The van der Waals surface area contributed by atoms with E-state index in [1.54, 1.807) is 6.07 Å². The molecule has 0 saturated heterocycles. The van der Waals surface area contributed by atoms with E-state index in [1.807, 2.05) is 5.43 Å². The summed E-state index contributed by atoms with van der Waals surface area (Å²) in [5.74, 6) is -3.98. The number of carbonyl (C=O) groups excluding carboxylic acids is 3. The molecule has 0 fully saturated rings. The minimum atomic E-state index is -1.13. The number of halogens is 3. The van der Waals surface area contributed by atoms with E-state index in [2.05, 4.69) is 15.7 Å². The fourth-order valence-electron chi connectivity index (χ4n) is 2.80. The smallest absolute Gasteiger partial charge is 0.329 e. The molecule has 186 valence electrons. The first-order valence-electron chi connectivity index (χ1n) is 10.2. The minimum Gasteiger partial charge on any atom is -0.493 e. The van der Waals surface area contributed by atoms with Crippen LogP contribution in [-0.4, -0.2) is 37.7 Å². The maximum Gasteiger partial charge on any atom is 0.329 e. The van der Waals surface area contributed by atoms with Crippen molar-refractivity contribution < 1.29 is 32.6 Å². The fourth-order valence-corrected chi connectivity index (χ4v) is 3.07. The third-order valence-electron chi connectivity index (χ3n) is 4.46. The van der Waals surface area contributed by atoms with Gasteiger partial charge in [-0.05, 0) is 42.0 Å². The van der Waals surface area contributed by atoms with Gasteiger partial charge in [-0.1, -0.05) is 35.9 Å². The van der Waals surface area contributed by atoms with Crippen LogP contribution in [0, 0.1) is 11.6 Å². The van der Waals surface area contributed by atoms with Gasteiger partial charge in [0.2, 0.25) is 0 Å². The lowest BCUT2D eigenvalue weighted by molar-refractivity contribution is -0.136. The van der Waals surface area contributed by atoms with Crippen molar-refractivity contribution in [1.82, 2.24) is 5.43 Å². The number of carbonyl (C=O) groups is 3. The van der Waals surface area contributed by atoms with Crippen LogP contribution in [0.1, 0.15) is 5.56 Å². The van der Waals surface area contributed by atoms with Gasteiger partial charge in [0.05, 0.1) is 29.7 Å². The van der Waals surface area contributed by atoms with Gasteiger partial charge in [0.1, 0.15) is 11.6 Å². The van der Waals surface area contributed by atoms with Gasteiger partial charge in [0, 0.05) is 0 Å². The van der Waals surface area contributed by atoms with Gasteiger partial charge >= 0.3 is 11.8 Å². The number of methoxy groups -OCH3 is 1. The summed E-state index contributed by atoms with van der Waals surface area (Å²) in [5.41, 5.74) is 2.21. The van der Waals surface area contributed by atoms with Gasteiger partial charge in [0.25, 0.3) is 5.91 Å². The number of hydrogen-bond acceptors (Lipinski definition) is 6. The van der Waals surface area contributed by atoms with Crippen LogP contribution >= 0.6 is 11.6 Å². The number of para-hydroxylation sites is 2. The number of benzene rings is 3. The van der Waals surface area contributed by atoms with Crippen LogP contribution in [0.4, 0.5) is 20.2 Å². The second-order valence-electron chi connectivity index (χ2n) is 6.98. The number of amides is 3. The first-order chi connectivity index (χ1) is 17.3. The molecule has 0 aliphatic rings. The molecule has 0 heterocycles. The molecule has 12 heteroatoms. The highest BCUT2D eigenvalue weighted by Crippen LogP contribution is 2.36. The quantitative estimate of drug-likeness (QED) is 0.239. The van der Waals surface area contributed by atoms with Gasteiger partial charge in [-0.3, -0.25) is 14.4 Å². The van der Waals surface area contributed by atoms with Gasteiger partial charge in [-0.2, -0.15) is 5.10 Å². The van der Waals surface area contributed by atoms with E-state index in [0.29, 0.717) is 5.56 Å². The van der Waals surface area contributed by atoms with Crippen molar-refractivity contribution >= 4 is 46.9 Å². The van der Waals surface area contributed by atoms with Crippen LogP contribution in [-0.2, 0) is 14.4 Å². The Morgan fingerprint density at radius 1 is 0.944 bits per heavy atom. The number of ether oxygens (including phenoxy) is 2. The van der Waals surface area contributed by atoms with Gasteiger partial charge in [0.15, 0.2) is 18.1 Å². The molecule has 0 bridgehead atoms. The Balaban J connectivity index is 1.59. The molecule has 0 unspecified atom stereocenters. The zero-order valence-corrected chi connectivity index (χ0v) is 19.4. The van der Waals surface area contributed by atoms with Crippen LogP contribution in [0.2, 0.25) is 5.02 Å². The summed E-state index contributed by atoms with van der Waals surface area (Å²) in [6.45, 7) is -0.481. The highest BCUT2D eigenvalue weighted by atomic mass is 35.5. The first-order valence-corrected chi connectivity index (χ1v) is 10.6. The van der Waals surface area contributed by atoms with E-state index in [4.69, 9.17) is 21.1 Å². The molecule has 0 aliphatic heterocycles. The van der Waals surface area contributed by atoms with Crippen LogP contribution in [0.15, 0.2) is 65.8 Å². The molecule has 0 aromatic heterocycles. The van der Waals surface area contributed by atoms with Gasteiger partial charge in [-0.25, -0.2) is 14.2 Å². The molecule has 3 aromatic carbocycles. The predicted molar refractivity (Wildman–Crippen MR) is 129 cm³/mol. The zero-order valence-electron chi connectivity index (χ0n) is 18.7. The van der Waals surface area contributed by atoms with E-state index in [0.717, 1.165) is 6.07 Å². The normalized spacial score (nSPS) is 10.6. The number of hydrazone groups is 1. The highest BCUT2D eigenvalue weighted by Gasteiger charge is 2.16. The molecule has 3 N–H and O–H groups in total. The molecular formula is C24H19ClF2N4O5. The van der Waals surface area contributed by atoms with Crippen LogP contribution in [0.3, 0.4) is 0 Å². The summed E-state index contributed by atoms with van der Waals surface area (Å²) in [7, 11) is 1.34. The summed E-state index contributed by atoms with van der Waals surface area (Å²) >= 11 is 6.23. The standard InChI is InChI=1S/C24H19ClF2N4O5/c1-35-20-11-14(12-28-31-24(34)23(33)30-19-9-5-3-7-17(19)27)10-15(25)22(20)36-13-21(32)29-18-8-4-2-6-16(18)26/h2-12H,13H2,1H3,(H,29,32)(H,30,33)(H,31,34)/b28-12-. The fraction of sp³-hybridized carbons (Fsp3) is 0.0833. The van der Waals surface area contributed by atoms with Crippen molar-refractivity contribution in [2.45, 2.75) is 0 Å². The van der Waals surface area contributed by atoms with E-state index < -0.39 is 36.0 Å². The number of nitrogens with zero attached hydrogens (tertiary/aromatic N) is 1. The lowest BCUT2D eigenvalue weighted by Crippen LogP contribution is -2.32. The maximum atomic E-state index is 13.7. The molecule has 3 aromatic rings. The maximum absolute atomic E-state index is 13.7. The molecule has 0 spiro atoms. The molecule has 0 aliphatic carbocycles.